The van der Waals surface area contributed by atoms with Crippen molar-refractivity contribution in [1.82, 2.24) is 13.8 Å². The lowest BCUT2D eigenvalue weighted by atomic mass is 10.2. The first-order valence-electron chi connectivity index (χ1n) is 7.44. The SMILES string of the molecule is COc1cc2cc3c(=O)n4c(cc5ccccc54)c(=O)n3c2cn1. The molecule has 0 unspecified atom stereocenters. The minimum absolute atomic E-state index is 0.221. The number of rotatable bonds is 1. The summed E-state index contributed by atoms with van der Waals surface area (Å²) in [4.78, 5) is 30.1. The Labute approximate surface area is 134 Å². The number of nitrogens with zero attached hydrogens (tertiary/aromatic N) is 3. The van der Waals surface area contributed by atoms with Gasteiger partial charge in [-0.3, -0.25) is 18.4 Å². The van der Waals surface area contributed by atoms with Crippen LogP contribution in [-0.4, -0.2) is 20.9 Å². The minimum atomic E-state index is -0.234. The molecule has 0 atom stereocenters. The van der Waals surface area contributed by atoms with E-state index in [-0.39, 0.29) is 11.1 Å². The second-order valence-electron chi connectivity index (χ2n) is 5.68. The van der Waals surface area contributed by atoms with E-state index < -0.39 is 0 Å². The molecule has 5 rings (SSSR count). The molecule has 0 aliphatic carbocycles. The molecule has 0 spiro atoms. The standard InChI is InChI=1S/C18H11N3O3/c1-24-16-8-11-7-14-17(22)20-12-5-3-2-4-10(12)6-13(20)18(23)21(14)15(11)9-19-16/h2-9H,1H3. The smallest absolute Gasteiger partial charge is 0.280 e. The van der Waals surface area contributed by atoms with Crippen LogP contribution in [0.25, 0.3) is 32.8 Å². The van der Waals surface area contributed by atoms with Crippen LogP contribution >= 0.6 is 0 Å². The van der Waals surface area contributed by atoms with Crippen molar-refractivity contribution in [2.24, 2.45) is 0 Å². The average Bonchev–Trinajstić information content (AvgIpc) is 3.18. The normalized spacial score (nSPS) is 11.9. The number of benzene rings is 1. The molecule has 6 nitrogen and oxygen atoms in total. The maximum atomic E-state index is 13.0. The van der Waals surface area contributed by atoms with Gasteiger partial charge in [0.05, 0.1) is 24.3 Å². The van der Waals surface area contributed by atoms with Gasteiger partial charge in [0, 0.05) is 16.8 Å². The Hall–Kier alpha value is -3.41. The summed E-state index contributed by atoms with van der Waals surface area (Å²) in [5, 5.41) is 1.61. The first-order valence-corrected chi connectivity index (χ1v) is 7.44. The van der Waals surface area contributed by atoms with E-state index in [0.29, 0.717) is 22.4 Å². The van der Waals surface area contributed by atoms with E-state index >= 15 is 0 Å². The van der Waals surface area contributed by atoms with Gasteiger partial charge in [-0.05, 0) is 18.2 Å². The van der Waals surface area contributed by atoms with Crippen molar-refractivity contribution in [1.29, 1.82) is 0 Å². The lowest BCUT2D eigenvalue weighted by molar-refractivity contribution is 0.398. The van der Waals surface area contributed by atoms with E-state index in [9.17, 15) is 9.59 Å². The van der Waals surface area contributed by atoms with Crippen molar-refractivity contribution in [3.8, 4) is 5.88 Å². The fourth-order valence-corrected chi connectivity index (χ4v) is 3.34. The maximum Gasteiger partial charge on any atom is 0.280 e. The van der Waals surface area contributed by atoms with Gasteiger partial charge in [-0.2, -0.15) is 0 Å². The van der Waals surface area contributed by atoms with Gasteiger partial charge >= 0.3 is 0 Å². The predicted molar refractivity (Wildman–Crippen MR) is 91.4 cm³/mol. The van der Waals surface area contributed by atoms with Crippen molar-refractivity contribution in [3.05, 3.63) is 69.4 Å². The molecule has 0 N–H and O–H groups in total. The fraction of sp³-hybridized carbons (Fsp3) is 0.0556. The van der Waals surface area contributed by atoms with Crippen LogP contribution < -0.4 is 15.9 Å². The van der Waals surface area contributed by atoms with Crippen LogP contribution in [0.15, 0.2) is 58.3 Å². The highest BCUT2D eigenvalue weighted by atomic mass is 16.5. The molecule has 0 aliphatic rings. The fourth-order valence-electron chi connectivity index (χ4n) is 3.34. The van der Waals surface area contributed by atoms with E-state index in [4.69, 9.17) is 4.74 Å². The van der Waals surface area contributed by atoms with Crippen LogP contribution in [-0.2, 0) is 0 Å². The molecule has 0 saturated heterocycles. The first-order chi connectivity index (χ1) is 11.7. The molecule has 0 saturated carbocycles. The van der Waals surface area contributed by atoms with E-state index in [1.165, 1.54) is 15.9 Å². The summed E-state index contributed by atoms with van der Waals surface area (Å²) in [6.45, 7) is 0. The number of pyridine rings is 1. The molecule has 0 bridgehead atoms. The Morgan fingerprint density at radius 2 is 1.50 bits per heavy atom. The lowest BCUT2D eigenvalue weighted by Crippen LogP contribution is -2.25. The van der Waals surface area contributed by atoms with Crippen LogP contribution in [0.3, 0.4) is 0 Å². The van der Waals surface area contributed by atoms with Crippen LogP contribution in [0.2, 0.25) is 0 Å². The zero-order valence-electron chi connectivity index (χ0n) is 12.7. The molecule has 1 aromatic carbocycles. The number of fused-ring (bicyclic) bond motifs is 6. The summed E-state index contributed by atoms with van der Waals surface area (Å²) >= 11 is 0. The number of methoxy groups -OCH3 is 1. The summed E-state index contributed by atoms with van der Waals surface area (Å²) in [5.41, 5.74) is 1.57. The predicted octanol–water partition coefficient (Wildman–Crippen LogP) is 2.06. The molecule has 24 heavy (non-hydrogen) atoms. The topological polar surface area (TPSA) is 65.1 Å². The zero-order chi connectivity index (χ0) is 16.4. The van der Waals surface area contributed by atoms with Crippen LogP contribution in [0.5, 0.6) is 5.88 Å². The van der Waals surface area contributed by atoms with E-state index in [2.05, 4.69) is 4.98 Å². The van der Waals surface area contributed by atoms with E-state index in [0.717, 1.165) is 16.3 Å². The molecule has 4 heterocycles. The highest BCUT2D eigenvalue weighted by Crippen LogP contribution is 2.22. The second-order valence-corrected chi connectivity index (χ2v) is 5.68. The summed E-state index contributed by atoms with van der Waals surface area (Å²) in [6, 6.07) is 12.6. The van der Waals surface area contributed by atoms with Crippen molar-refractivity contribution in [2.75, 3.05) is 7.11 Å². The monoisotopic (exact) mass is 317 g/mol. The number of hydrogen-bond acceptors (Lipinski definition) is 4. The highest BCUT2D eigenvalue weighted by molar-refractivity contribution is 5.91. The van der Waals surface area contributed by atoms with Crippen LogP contribution in [0, 0.1) is 0 Å². The summed E-state index contributed by atoms with van der Waals surface area (Å²) in [5.74, 6) is 0.440. The molecule has 0 radical (unpaired) electrons. The minimum Gasteiger partial charge on any atom is -0.481 e. The summed E-state index contributed by atoms with van der Waals surface area (Å²) < 4.78 is 8.03. The van der Waals surface area contributed by atoms with Gasteiger partial charge < -0.3 is 4.74 Å². The molecule has 6 heteroatoms. The molecular weight excluding hydrogens is 306 g/mol. The molecule has 0 amide bonds. The third kappa shape index (κ3) is 1.47. The van der Waals surface area contributed by atoms with Gasteiger partial charge in [-0.1, -0.05) is 18.2 Å². The van der Waals surface area contributed by atoms with Gasteiger partial charge in [0.2, 0.25) is 5.88 Å². The zero-order valence-corrected chi connectivity index (χ0v) is 12.7. The molecular formula is C18H11N3O3. The van der Waals surface area contributed by atoms with Gasteiger partial charge in [-0.25, -0.2) is 4.98 Å². The average molecular weight is 317 g/mol. The van der Waals surface area contributed by atoms with Gasteiger partial charge in [0.25, 0.3) is 11.1 Å². The maximum absolute atomic E-state index is 13.0. The largest absolute Gasteiger partial charge is 0.481 e. The van der Waals surface area contributed by atoms with Crippen LogP contribution in [0.1, 0.15) is 0 Å². The Balaban J connectivity index is 2.09. The first kappa shape index (κ1) is 13.1. The van der Waals surface area contributed by atoms with E-state index in [1.807, 2.05) is 24.3 Å². The summed E-state index contributed by atoms with van der Waals surface area (Å²) in [7, 11) is 1.53. The third-order valence-corrected chi connectivity index (χ3v) is 4.43. The lowest BCUT2D eigenvalue weighted by Gasteiger charge is -2.00. The molecule has 5 aromatic rings. The Bertz CT molecular complexity index is 1380. The van der Waals surface area contributed by atoms with Crippen LogP contribution in [0.4, 0.5) is 0 Å². The Kier molecular flexibility index (Phi) is 2.35. The second kappa shape index (κ2) is 4.32. The number of ether oxygens (including phenoxy) is 1. The van der Waals surface area contributed by atoms with Crippen molar-refractivity contribution in [2.45, 2.75) is 0 Å². The molecule has 0 aliphatic heterocycles. The van der Waals surface area contributed by atoms with Crippen molar-refractivity contribution >= 4 is 32.8 Å². The van der Waals surface area contributed by atoms with Gasteiger partial charge in [-0.15, -0.1) is 0 Å². The van der Waals surface area contributed by atoms with Gasteiger partial charge in [0.15, 0.2) is 0 Å². The molecule has 116 valence electrons. The van der Waals surface area contributed by atoms with Crippen molar-refractivity contribution < 1.29 is 4.74 Å². The van der Waals surface area contributed by atoms with E-state index in [1.54, 1.807) is 24.4 Å². The quantitative estimate of drug-likeness (QED) is 0.475. The Morgan fingerprint density at radius 1 is 0.833 bits per heavy atom. The molecule has 0 fully saturated rings. The molecule has 4 aromatic heterocycles. The number of para-hydroxylation sites is 1. The van der Waals surface area contributed by atoms with Crippen molar-refractivity contribution in [3.63, 3.8) is 0 Å². The number of aromatic nitrogens is 3. The summed E-state index contributed by atoms with van der Waals surface area (Å²) in [6.07, 6.45) is 1.56. The third-order valence-electron chi connectivity index (χ3n) is 4.43. The Morgan fingerprint density at radius 3 is 2.25 bits per heavy atom. The number of hydrogen-bond donors (Lipinski definition) is 0. The van der Waals surface area contributed by atoms with Gasteiger partial charge in [0.1, 0.15) is 11.0 Å². The highest BCUT2D eigenvalue weighted by Gasteiger charge is 2.16.